The zero-order chi connectivity index (χ0) is 13.4. The molecule has 0 aliphatic carbocycles. The van der Waals surface area contributed by atoms with E-state index in [1.165, 1.54) is 12.0 Å². The van der Waals surface area contributed by atoms with Crippen molar-refractivity contribution in [2.75, 3.05) is 19.6 Å². The number of nitrogens with zero attached hydrogens (tertiary/aromatic N) is 1. The molecule has 1 rings (SSSR count). The van der Waals surface area contributed by atoms with E-state index < -0.39 is 0 Å². The van der Waals surface area contributed by atoms with Gasteiger partial charge in [0, 0.05) is 12.1 Å². The van der Waals surface area contributed by atoms with Crippen molar-refractivity contribution < 1.29 is 0 Å². The lowest BCUT2D eigenvalue weighted by Crippen LogP contribution is -2.43. The number of benzene rings is 1. The first-order chi connectivity index (χ1) is 8.74. The van der Waals surface area contributed by atoms with Crippen LogP contribution in [0, 0.1) is 0 Å². The first-order valence-corrected chi connectivity index (χ1v) is 7.26. The SMILES string of the molecule is CCCNC(c1ccccc1)C(C)N(CC)CC. The summed E-state index contributed by atoms with van der Waals surface area (Å²) in [4.78, 5) is 2.51. The molecule has 0 saturated carbocycles. The third-order valence-corrected chi connectivity index (χ3v) is 3.64. The smallest absolute Gasteiger partial charge is 0.0475 e. The maximum atomic E-state index is 3.69. The molecule has 0 radical (unpaired) electrons. The highest BCUT2D eigenvalue weighted by atomic mass is 15.2. The van der Waals surface area contributed by atoms with Crippen molar-refractivity contribution in [1.82, 2.24) is 10.2 Å². The van der Waals surface area contributed by atoms with Crippen molar-refractivity contribution in [3.63, 3.8) is 0 Å². The molecule has 0 aliphatic heterocycles. The first kappa shape index (κ1) is 15.2. The van der Waals surface area contributed by atoms with Gasteiger partial charge in [0.25, 0.3) is 0 Å². The summed E-state index contributed by atoms with van der Waals surface area (Å²) in [5.74, 6) is 0. The molecule has 0 bridgehead atoms. The Labute approximate surface area is 112 Å². The minimum absolute atomic E-state index is 0.422. The van der Waals surface area contributed by atoms with E-state index in [4.69, 9.17) is 0 Å². The van der Waals surface area contributed by atoms with Crippen molar-refractivity contribution in [2.24, 2.45) is 0 Å². The maximum Gasteiger partial charge on any atom is 0.0475 e. The number of hydrogen-bond donors (Lipinski definition) is 1. The highest BCUT2D eigenvalue weighted by molar-refractivity contribution is 5.20. The molecular weight excluding hydrogens is 220 g/mol. The van der Waals surface area contributed by atoms with Gasteiger partial charge >= 0.3 is 0 Å². The molecule has 0 aliphatic rings. The van der Waals surface area contributed by atoms with Crippen LogP contribution in [0.1, 0.15) is 45.7 Å². The van der Waals surface area contributed by atoms with E-state index in [0.717, 1.165) is 19.6 Å². The molecule has 2 heteroatoms. The first-order valence-electron chi connectivity index (χ1n) is 7.26. The van der Waals surface area contributed by atoms with Crippen molar-refractivity contribution in [3.05, 3.63) is 35.9 Å². The van der Waals surface area contributed by atoms with Gasteiger partial charge in [-0.05, 0) is 38.5 Å². The minimum atomic E-state index is 0.422. The van der Waals surface area contributed by atoms with Gasteiger partial charge in [-0.2, -0.15) is 0 Å². The van der Waals surface area contributed by atoms with Crippen LogP contribution < -0.4 is 5.32 Å². The zero-order valence-corrected chi connectivity index (χ0v) is 12.3. The molecule has 0 aromatic heterocycles. The van der Waals surface area contributed by atoms with Crippen LogP contribution in [-0.2, 0) is 0 Å². The largest absolute Gasteiger partial charge is 0.309 e. The number of nitrogens with one attached hydrogen (secondary N) is 1. The Morgan fingerprint density at radius 1 is 1.06 bits per heavy atom. The van der Waals surface area contributed by atoms with Crippen molar-refractivity contribution in [1.29, 1.82) is 0 Å². The van der Waals surface area contributed by atoms with Gasteiger partial charge in [0.2, 0.25) is 0 Å². The fraction of sp³-hybridized carbons (Fsp3) is 0.625. The molecule has 18 heavy (non-hydrogen) atoms. The Morgan fingerprint density at radius 3 is 2.17 bits per heavy atom. The quantitative estimate of drug-likeness (QED) is 0.758. The van der Waals surface area contributed by atoms with E-state index in [-0.39, 0.29) is 0 Å². The van der Waals surface area contributed by atoms with E-state index in [1.54, 1.807) is 0 Å². The highest BCUT2D eigenvalue weighted by Crippen LogP contribution is 2.20. The third-order valence-electron chi connectivity index (χ3n) is 3.64. The predicted octanol–water partition coefficient (Wildman–Crippen LogP) is 3.46. The van der Waals surface area contributed by atoms with Gasteiger partial charge in [-0.1, -0.05) is 51.1 Å². The molecule has 1 aromatic rings. The van der Waals surface area contributed by atoms with Gasteiger partial charge in [-0.15, -0.1) is 0 Å². The van der Waals surface area contributed by atoms with Crippen LogP contribution in [0.3, 0.4) is 0 Å². The molecule has 1 N–H and O–H groups in total. The Kier molecular flexibility index (Phi) is 6.99. The normalized spacial score (nSPS) is 14.7. The molecule has 0 amide bonds. The monoisotopic (exact) mass is 248 g/mol. The second kappa shape index (κ2) is 8.28. The Bertz CT molecular complexity index is 306. The van der Waals surface area contributed by atoms with E-state index >= 15 is 0 Å². The minimum Gasteiger partial charge on any atom is -0.309 e. The van der Waals surface area contributed by atoms with Gasteiger partial charge in [-0.25, -0.2) is 0 Å². The van der Waals surface area contributed by atoms with Gasteiger partial charge in [0.1, 0.15) is 0 Å². The van der Waals surface area contributed by atoms with Crippen LogP contribution >= 0.6 is 0 Å². The van der Waals surface area contributed by atoms with E-state index in [0.29, 0.717) is 12.1 Å². The summed E-state index contributed by atoms with van der Waals surface area (Å²) in [6, 6.07) is 11.7. The Morgan fingerprint density at radius 2 is 1.67 bits per heavy atom. The van der Waals surface area contributed by atoms with E-state index in [9.17, 15) is 0 Å². The fourth-order valence-electron chi connectivity index (χ4n) is 2.54. The van der Waals surface area contributed by atoms with Crippen LogP contribution in [0.15, 0.2) is 30.3 Å². The number of likely N-dealkylation sites (N-methyl/N-ethyl adjacent to an activating group) is 1. The molecule has 2 nitrogen and oxygen atoms in total. The van der Waals surface area contributed by atoms with Crippen molar-refractivity contribution >= 4 is 0 Å². The number of rotatable bonds is 8. The molecular formula is C16H28N2. The van der Waals surface area contributed by atoms with Gasteiger partial charge in [-0.3, -0.25) is 4.90 Å². The highest BCUT2D eigenvalue weighted by Gasteiger charge is 2.22. The fourth-order valence-corrected chi connectivity index (χ4v) is 2.54. The summed E-state index contributed by atoms with van der Waals surface area (Å²) >= 11 is 0. The molecule has 0 heterocycles. The zero-order valence-electron chi connectivity index (χ0n) is 12.3. The average molecular weight is 248 g/mol. The number of hydrogen-bond acceptors (Lipinski definition) is 2. The van der Waals surface area contributed by atoms with Crippen LogP contribution in [-0.4, -0.2) is 30.6 Å². The summed E-state index contributed by atoms with van der Waals surface area (Å²) in [6.45, 7) is 12.3. The summed E-state index contributed by atoms with van der Waals surface area (Å²) in [5, 5.41) is 3.69. The molecule has 0 saturated heterocycles. The second-order valence-electron chi connectivity index (χ2n) is 4.80. The lowest BCUT2D eigenvalue weighted by Gasteiger charge is -2.34. The molecule has 2 atom stereocenters. The standard InChI is InChI=1S/C16H28N2/c1-5-13-17-16(14(4)18(6-2)7-3)15-11-9-8-10-12-15/h8-12,14,16-17H,5-7,13H2,1-4H3. The van der Waals surface area contributed by atoms with Gasteiger partial charge in [0.15, 0.2) is 0 Å². The van der Waals surface area contributed by atoms with Crippen LogP contribution in [0.2, 0.25) is 0 Å². The molecule has 0 spiro atoms. The van der Waals surface area contributed by atoms with Gasteiger partial charge < -0.3 is 5.32 Å². The summed E-state index contributed by atoms with van der Waals surface area (Å²) < 4.78 is 0. The second-order valence-corrected chi connectivity index (χ2v) is 4.80. The molecule has 1 aromatic carbocycles. The van der Waals surface area contributed by atoms with Crippen LogP contribution in [0.25, 0.3) is 0 Å². The molecule has 102 valence electrons. The molecule has 0 fully saturated rings. The maximum absolute atomic E-state index is 3.69. The summed E-state index contributed by atoms with van der Waals surface area (Å²) in [5.41, 5.74) is 1.39. The summed E-state index contributed by atoms with van der Waals surface area (Å²) in [6.07, 6.45) is 1.17. The lowest BCUT2D eigenvalue weighted by atomic mass is 9.99. The van der Waals surface area contributed by atoms with Crippen molar-refractivity contribution in [2.45, 2.75) is 46.2 Å². The topological polar surface area (TPSA) is 15.3 Å². The Hall–Kier alpha value is -0.860. The van der Waals surface area contributed by atoms with Crippen LogP contribution in [0.5, 0.6) is 0 Å². The Balaban J connectivity index is 2.83. The van der Waals surface area contributed by atoms with E-state index in [1.807, 2.05) is 0 Å². The van der Waals surface area contributed by atoms with Gasteiger partial charge in [0.05, 0.1) is 0 Å². The van der Waals surface area contributed by atoms with Crippen LogP contribution in [0.4, 0.5) is 0 Å². The lowest BCUT2D eigenvalue weighted by molar-refractivity contribution is 0.186. The predicted molar refractivity (Wildman–Crippen MR) is 79.9 cm³/mol. The average Bonchev–Trinajstić information content (AvgIpc) is 2.42. The summed E-state index contributed by atoms with van der Waals surface area (Å²) in [7, 11) is 0. The third kappa shape index (κ3) is 4.11. The van der Waals surface area contributed by atoms with Crippen molar-refractivity contribution in [3.8, 4) is 0 Å². The molecule has 2 unspecified atom stereocenters. The van der Waals surface area contributed by atoms with E-state index in [2.05, 4.69) is 68.2 Å².